The van der Waals surface area contributed by atoms with Gasteiger partial charge in [-0.05, 0) is 84.0 Å². The van der Waals surface area contributed by atoms with E-state index >= 15 is 0 Å². The Labute approximate surface area is 276 Å². The fourth-order valence-corrected chi connectivity index (χ4v) is 6.52. The highest BCUT2D eigenvalue weighted by Crippen LogP contribution is 2.44. The van der Waals surface area contributed by atoms with Crippen LogP contribution >= 0.6 is 0 Å². The molecule has 0 aliphatic carbocycles. The summed E-state index contributed by atoms with van der Waals surface area (Å²) in [7, 11) is 0. The normalized spacial score (nSPS) is 12.2. The summed E-state index contributed by atoms with van der Waals surface area (Å²) in [4.78, 5) is 27.5. The number of nitrogens with one attached hydrogen (secondary N) is 2. The lowest BCUT2D eigenvalue weighted by molar-refractivity contribution is 1.30. The molecule has 226 valence electrons. The molecule has 0 radical (unpaired) electrons. The highest BCUT2D eigenvalue weighted by Gasteiger charge is 2.25. The quantitative estimate of drug-likeness (QED) is 0.206. The molecule has 2 N–H and O–H groups in total. The monoisotopic (exact) mass is 616 g/mol. The second-order valence-electron chi connectivity index (χ2n) is 11.7. The lowest BCUT2D eigenvalue weighted by Gasteiger charge is -2.11. The molecule has 5 aromatic heterocycles. The summed E-state index contributed by atoms with van der Waals surface area (Å²) in [5.74, 6) is 0. The topological polar surface area (TPSA) is 83.1 Å². The fraction of sp³-hybridized carbons (Fsp3) is 0. The van der Waals surface area contributed by atoms with Crippen LogP contribution in [0.25, 0.3) is 79.5 Å². The highest BCUT2D eigenvalue weighted by atomic mass is 14.8. The third-order valence-corrected chi connectivity index (χ3v) is 8.61. The van der Waals surface area contributed by atoms with Crippen LogP contribution in [0.15, 0.2) is 140 Å². The van der Waals surface area contributed by atoms with Gasteiger partial charge in [-0.2, -0.15) is 0 Å². The zero-order valence-corrected chi connectivity index (χ0v) is 25.8. The molecule has 0 saturated carbocycles. The Morgan fingerprint density at radius 3 is 1.73 bits per heavy atom. The molecule has 0 spiro atoms. The average Bonchev–Trinajstić information content (AvgIpc) is 3.94. The summed E-state index contributed by atoms with van der Waals surface area (Å²) < 4.78 is 0. The summed E-state index contributed by atoms with van der Waals surface area (Å²) in [5, 5.41) is 0. The van der Waals surface area contributed by atoms with Crippen LogP contribution in [-0.4, -0.2) is 29.9 Å². The summed E-state index contributed by atoms with van der Waals surface area (Å²) in [6.07, 6.45) is 9.93. The SMILES string of the molecule is C1=Cc2cc3[nH]c(c(-c4ccccc4)c4nc(cc5ccc(cc1n2)[nH]5)C=C4c1ccccc1)c(-c1ccccn1)c3-c1ccccn1. The molecule has 8 bridgehead atoms. The van der Waals surface area contributed by atoms with Crippen molar-refractivity contribution in [1.29, 1.82) is 0 Å². The van der Waals surface area contributed by atoms with Crippen molar-refractivity contribution in [2.24, 2.45) is 0 Å². The molecule has 7 heterocycles. The Kier molecular flexibility index (Phi) is 6.68. The number of hydrogen-bond donors (Lipinski definition) is 2. The molecule has 0 atom stereocenters. The van der Waals surface area contributed by atoms with Gasteiger partial charge in [0.2, 0.25) is 0 Å². The van der Waals surface area contributed by atoms with Gasteiger partial charge in [0.1, 0.15) is 0 Å². The predicted molar refractivity (Wildman–Crippen MR) is 195 cm³/mol. The number of nitrogens with zero attached hydrogens (tertiary/aromatic N) is 4. The van der Waals surface area contributed by atoms with Gasteiger partial charge >= 0.3 is 0 Å². The van der Waals surface area contributed by atoms with Gasteiger partial charge in [0.25, 0.3) is 0 Å². The molecule has 6 nitrogen and oxygen atoms in total. The van der Waals surface area contributed by atoms with Crippen LogP contribution in [0.3, 0.4) is 0 Å². The Balaban J connectivity index is 1.54. The van der Waals surface area contributed by atoms with E-state index in [0.717, 1.165) is 89.6 Å². The molecule has 48 heavy (non-hydrogen) atoms. The van der Waals surface area contributed by atoms with E-state index in [1.165, 1.54) is 0 Å². The van der Waals surface area contributed by atoms with Crippen molar-refractivity contribution in [1.82, 2.24) is 29.9 Å². The van der Waals surface area contributed by atoms with Gasteiger partial charge in [0, 0.05) is 45.7 Å². The first kappa shape index (κ1) is 27.6. The fourth-order valence-electron chi connectivity index (χ4n) is 6.52. The van der Waals surface area contributed by atoms with Gasteiger partial charge in [-0.1, -0.05) is 72.8 Å². The standard InChI is InChI=1S/C42H28N6/c1-3-11-27(12-4-1)34-25-33-24-31-18-17-29(45-31)23-30-19-20-32(46-30)26-37-39(35-15-7-9-21-43-35)40(36-16-8-10-22-44-36)42(48-37)38(41(34)47-33)28-13-5-2-6-14-28/h1-26,45,48H. The van der Waals surface area contributed by atoms with E-state index in [1.807, 2.05) is 67.0 Å². The molecular formula is C42H28N6. The van der Waals surface area contributed by atoms with Crippen molar-refractivity contribution in [3.8, 4) is 33.6 Å². The smallest absolute Gasteiger partial charge is 0.0815 e. The second kappa shape index (κ2) is 11.6. The molecule has 0 saturated heterocycles. The summed E-state index contributed by atoms with van der Waals surface area (Å²) in [6.45, 7) is 0. The molecule has 0 amide bonds. The van der Waals surface area contributed by atoms with Crippen molar-refractivity contribution in [2.75, 3.05) is 0 Å². The maximum atomic E-state index is 5.39. The van der Waals surface area contributed by atoms with E-state index in [0.29, 0.717) is 0 Å². The molecule has 7 aromatic rings. The minimum Gasteiger partial charge on any atom is -0.355 e. The molecule has 0 unspecified atom stereocenters. The number of pyridine rings is 2. The number of aromatic nitrogens is 6. The van der Waals surface area contributed by atoms with Crippen LogP contribution in [-0.2, 0) is 0 Å². The van der Waals surface area contributed by atoms with Crippen LogP contribution in [0.2, 0.25) is 0 Å². The van der Waals surface area contributed by atoms with Crippen molar-refractivity contribution < 1.29 is 0 Å². The third kappa shape index (κ3) is 5.02. The molecular weight excluding hydrogens is 589 g/mol. The average molecular weight is 617 g/mol. The van der Waals surface area contributed by atoms with E-state index in [4.69, 9.17) is 19.9 Å². The zero-order chi connectivity index (χ0) is 31.9. The number of benzene rings is 2. The van der Waals surface area contributed by atoms with Gasteiger partial charge in [-0.3, -0.25) is 9.97 Å². The number of fused-ring (bicyclic) bond motifs is 8. The van der Waals surface area contributed by atoms with E-state index < -0.39 is 0 Å². The predicted octanol–water partition coefficient (Wildman–Crippen LogP) is 9.87. The molecule has 2 aromatic carbocycles. The largest absolute Gasteiger partial charge is 0.355 e. The second-order valence-corrected chi connectivity index (χ2v) is 11.7. The summed E-state index contributed by atoms with van der Waals surface area (Å²) in [5.41, 5.74) is 14.8. The number of hydrogen-bond acceptors (Lipinski definition) is 4. The third-order valence-electron chi connectivity index (χ3n) is 8.61. The minimum absolute atomic E-state index is 0.832. The van der Waals surface area contributed by atoms with E-state index in [-0.39, 0.29) is 0 Å². The maximum absolute atomic E-state index is 5.39. The van der Waals surface area contributed by atoms with Crippen molar-refractivity contribution in [3.63, 3.8) is 0 Å². The molecule has 9 rings (SSSR count). The Morgan fingerprint density at radius 2 is 1.06 bits per heavy atom. The Bertz CT molecular complexity index is 2530. The van der Waals surface area contributed by atoms with Crippen LogP contribution in [0.1, 0.15) is 28.3 Å². The molecule has 2 aliphatic rings. The van der Waals surface area contributed by atoms with Crippen LogP contribution in [0.5, 0.6) is 0 Å². The number of rotatable bonds is 4. The maximum Gasteiger partial charge on any atom is 0.0815 e. The Hall–Kier alpha value is -6.66. The van der Waals surface area contributed by atoms with Crippen molar-refractivity contribution in [3.05, 3.63) is 168 Å². The van der Waals surface area contributed by atoms with Crippen LogP contribution in [0.4, 0.5) is 0 Å². The van der Waals surface area contributed by atoms with Gasteiger partial charge in [-0.25, -0.2) is 9.97 Å². The van der Waals surface area contributed by atoms with Gasteiger partial charge < -0.3 is 9.97 Å². The Morgan fingerprint density at radius 1 is 0.458 bits per heavy atom. The van der Waals surface area contributed by atoms with E-state index in [9.17, 15) is 0 Å². The van der Waals surface area contributed by atoms with E-state index in [2.05, 4.69) is 101 Å². The van der Waals surface area contributed by atoms with Crippen molar-refractivity contribution in [2.45, 2.75) is 0 Å². The minimum atomic E-state index is 0.832. The lowest BCUT2D eigenvalue weighted by Crippen LogP contribution is -1.93. The van der Waals surface area contributed by atoms with Crippen molar-refractivity contribution >= 4 is 45.9 Å². The van der Waals surface area contributed by atoms with Crippen LogP contribution in [0, 0.1) is 0 Å². The lowest BCUT2D eigenvalue weighted by atomic mass is 9.93. The van der Waals surface area contributed by atoms with Gasteiger partial charge in [-0.15, -0.1) is 0 Å². The van der Waals surface area contributed by atoms with Gasteiger partial charge in [0.05, 0.1) is 45.2 Å². The van der Waals surface area contributed by atoms with E-state index in [1.54, 1.807) is 0 Å². The summed E-state index contributed by atoms with van der Waals surface area (Å²) >= 11 is 0. The number of H-pyrrole nitrogens is 2. The van der Waals surface area contributed by atoms with Gasteiger partial charge in [0.15, 0.2) is 0 Å². The first-order chi connectivity index (χ1) is 23.8. The molecule has 2 aliphatic heterocycles. The molecule has 6 heteroatoms. The first-order valence-electron chi connectivity index (χ1n) is 15.9. The number of aromatic amines is 2. The van der Waals surface area contributed by atoms with Crippen LogP contribution < -0.4 is 0 Å². The highest BCUT2D eigenvalue weighted by molar-refractivity contribution is 6.10. The zero-order valence-electron chi connectivity index (χ0n) is 25.8. The summed E-state index contributed by atoms with van der Waals surface area (Å²) in [6, 6.07) is 43.4. The first-order valence-corrected chi connectivity index (χ1v) is 15.9. The molecule has 0 fully saturated rings.